The number of nitrogen functional groups attached to an aromatic ring is 1. The number of nitrogens with two attached hydrogens (primary N) is 1. The largest absolute Gasteiger partial charge is 0.369 e. The predicted molar refractivity (Wildman–Crippen MR) is 79.4 cm³/mol. The summed E-state index contributed by atoms with van der Waals surface area (Å²) < 4.78 is 2.07. The molecule has 1 aromatic carbocycles. The first-order valence-corrected chi connectivity index (χ1v) is 7.25. The van der Waals surface area contributed by atoms with Gasteiger partial charge in [0.2, 0.25) is 5.95 Å². The van der Waals surface area contributed by atoms with Crippen LogP contribution in [0.15, 0.2) is 18.2 Å². The normalized spacial score (nSPS) is 17.1. The second-order valence-electron chi connectivity index (χ2n) is 5.16. The Kier molecular flexibility index (Phi) is 3.62. The van der Waals surface area contributed by atoms with Crippen molar-refractivity contribution in [1.29, 1.82) is 0 Å². The van der Waals surface area contributed by atoms with E-state index in [2.05, 4.69) is 14.5 Å². The summed E-state index contributed by atoms with van der Waals surface area (Å²) in [4.78, 5) is 6.88. The molecule has 0 aliphatic carbocycles. The van der Waals surface area contributed by atoms with Gasteiger partial charge >= 0.3 is 0 Å². The molecular weight excluding hydrogens is 260 g/mol. The minimum atomic E-state index is 0.578. The Labute approximate surface area is 118 Å². The molecule has 0 unspecified atom stereocenters. The number of likely N-dealkylation sites (tertiary alicyclic amines) is 1. The molecule has 1 fully saturated rings. The maximum atomic E-state index is 6.06. The van der Waals surface area contributed by atoms with E-state index in [1.807, 2.05) is 18.2 Å². The lowest BCUT2D eigenvalue weighted by Gasteiger charge is -2.26. The monoisotopic (exact) mass is 278 g/mol. The highest BCUT2D eigenvalue weighted by molar-refractivity contribution is 6.31. The van der Waals surface area contributed by atoms with Gasteiger partial charge in [-0.1, -0.05) is 18.0 Å². The van der Waals surface area contributed by atoms with Crippen LogP contribution in [0.5, 0.6) is 0 Å². The number of imidazole rings is 1. The highest BCUT2D eigenvalue weighted by Gasteiger charge is 2.12. The molecular formula is C14H19ClN4. The van der Waals surface area contributed by atoms with E-state index in [9.17, 15) is 0 Å². The van der Waals surface area contributed by atoms with Gasteiger partial charge in [-0.2, -0.15) is 0 Å². The Bertz CT molecular complexity index is 572. The third-order valence-electron chi connectivity index (χ3n) is 3.83. The van der Waals surface area contributed by atoms with E-state index in [0.29, 0.717) is 5.95 Å². The molecule has 5 heteroatoms. The van der Waals surface area contributed by atoms with Crippen LogP contribution in [0.1, 0.15) is 19.3 Å². The van der Waals surface area contributed by atoms with Crippen LogP contribution < -0.4 is 5.73 Å². The van der Waals surface area contributed by atoms with E-state index in [4.69, 9.17) is 17.3 Å². The van der Waals surface area contributed by atoms with Crippen LogP contribution in [0.2, 0.25) is 5.02 Å². The third kappa shape index (κ3) is 2.69. The zero-order valence-electron chi connectivity index (χ0n) is 11.0. The Balaban J connectivity index is 1.79. The fraction of sp³-hybridized carbons (Fsp3) is 0.500. The van der Waals surface area contributed by atoms with Crippen molar-refractivity contribution in [1.82, 2.24) is 14.5 Å². The second-order valence-corrected chi connectivity index (χ2v) is 5.59. The number of benzene rings is 1. The molecule has 0 atom stereocenters. The van der Waals surface area contributed by atoms with Gasteiger partial charge in [0.25, 0.3) is 0 Å². The smallest absolute Gasteiger partial charge is 0.201 e. The number of hydrogen-bond donors (Lipinski definition) is 1. The predicted octanol–water partition coefficient (Wildman–Crippen LogP) is 2.76. The SMILES string of the molecule is Nc1nc2ccc(Cl)cc2n1CCN1CCCCC1. The summed E-state index contributed by atoms with van der Waals surface area (Å²) in [6.45, 7) is 4.31. The average Bonchev–Trinajstić information content (AvgIpc) is 2.73. The van der Waals surface area contributed by atoms with E-state index < -0.39 is 0 Å². The molecule has 19 heavy (non-hydrogen) atoms. The van der Waals surface area contributed by atoms with Gasteiger partial charge in [0.05, 0.1) is 11.0 Å². The summed E-state index contributed by atoms with van der Waals surface area (Å²) in [6.07, 6.45) is 3.99. The molecule has 1 saturated heterocycles. The topological polar surface area (TPSA) is 47.1 Å². The van der Waals surface area contributed by atoms with Crippen molar-refractivity contribution in [2.45, 2.75) is 25.8 Å². The molecule has 102 valence electrons. The standard InChI is InChI=1S/C14H19ClN4/c15-11-4-5-12-13(10-11)19(14(16)17-12)9-8-18-6-2-1-3-7-18/h4-5,10H,1-3,6-9H2,(H2,16,17). The van der Waals surface area contributed by atoms with Crippen molar-refractivity contribution in [3.63, 3.8) is 0 Å². The van der Waals surface area contributed by atoms with Crippen LogP contribution in [0.25, 0.3) is 11.0 Å². The molecule has 0 amide bonds. The van der Waals surface area contributed by atoms with Crippen LogP contribution in [-0.2, 0) is 6.54 Å². The molecule has 2 aromatic rings. The Morgan fingerprint density at radius 2 is 1.95 bits per heavy atom. The molecule has 0 spiro atoms. The number of rotatable bonds is 3. The van der Waals surface area contributed by atoms with Gasteiger partial charge in [-0.3, -0.25) is 0 Å². The zero-order valence-corrected chi connectivity index (χ0v) is 11.7. The van der Waals surface area contributed by atoms with E-state index in [1.54, 1.807) is 0 Å². The molecule has 4 nitrogen and oxygen atoms in total. The highest BCUT2D eigenvalue weighted by Crippen LogP contribution is 2.22. The summed E-state index contributed by atoms with van der Waals surface area (Å²) in [5.74, 6) is 0.578. The quantitative estimate of drug-likeness (QED) is 0.939. The number of aromatic nitrogens is 2. The maximum Gasteiger partial charge on any atom is 0.201 e. The molecule has 1 aromatic heterocycles. The number of hydrogen-bond acceptors (Lipinski definition) is 3. The lowest BCUT2D eigenvalue weighted by atomic mass is 10.1. The van der Waals surface area contributed by atoms with Crippen LogP contribution in [0.4, 0.5) is 5.95 Å². The van der Waals surface area contributed by atoms with Crippen molar-refractivity contribution in [2.24, 2.45) is 0 Å². The number of fused-ring (bicyclic) bond motifs is 1. The van der Waals surface area contributed by atoms with E-state index in [0.717, 1.165) is 29.1 Å². The molecule has 1 aliphatic rings. The van der Waals surface area contributed by atoms with E-state index in [1.165, 1.54) is 32.4 Å². The zero-order chi connectivity index (χ0) is 13.2. The molecule has 0 bridgehead atoms. The number of anilines is 1. The number of halogens is 1. The van der Waals surface area contributed by atoms with Gasteiger partial charge in [0.15, 0.2) is 0 Å². The minimum Gasteiger partial charge on any atom is -0.369 e. The Morgan fingerprint density at radius 1 is 1.16 bits per heavy atom. The molecule has 0 saturated carbocycles. The van der Waals surface area contributed by atoms with Crippen molar-refractivity contribution < 1.29 is 0 Å². The lowest BCUT2D eigenvalue weighted by Crippen LogP contribution is -2.32. The second kappa shape index (κ2) is 5.39. The van der Waals surface area contributed by atoms with Crippen molar-refractivity contribution in [3.05, 3.63) is 23.2 Å². The van der Waals surface area contributed by atoms with E-state index >= 15 is 0 Å². The van der Waals surface area contributed by atoms with Crippen molar-refractivity contribution >= 4 is 28.6 Å². The molecule has 3 rings (SSSR count). The van der Waals surface area contributed by atoms with Gasteiger partial charge in [0, 0.05) is 18.1 Å². The van der Waals surface area contributed by atoms with Gasteiger partial charge < -0.3 is 15.2 Å². The van der Waals surface area contributed by atoms with Crippen molar-refractivity contribution in [2.75, 3.05) is 25.4 Å². The van der Waals surface area contributed by atoms with Crippen molar-refractivity contribution in [3.8, 4) is 0 Å². The van der Waals surface area contributed by atoms with Crippen LogP contribution in [0, 0.1) is 0 Å². The third-order valence-corrected chi connectivity index (χ3v) is 4.06. The molecule has 1 aliphatic heterocycles. The van der Waals surface area contributed by atoms with Gasteiger partial charge in [0.1, 0.15) is 0 Å². The fourth-order valence-corrected chi connectivity index (χ4v) is 2.94. The summed E-state index contributed by atoms with van der Waals surface area (Å²) in [7, 11) is 0. The van der Waals surface area contributed by atoms with Gasteiger partial charge in [-0.05, 0) is 44.1 Å². The Hall–Kier alpha value is -1.26. The first kappa shape index (κ1) is 12.8. The van der Waals surface area contributed by atoms with E-state index in [-0.39, 0.29) is 0 Å². The summed E-state index contributed by atoms with van der Waals surface area (Å²) in [5, 5.41) is 0.728. The lowest BCUT2D eigenvalue weighted by molar-refractivity contribution is 0.222. The van der Waals surface area contributed by atoms with Crippen LogP contribution in [-0.4, -0.2) is 34.1 Å². The summed E-state index contributed by atoms with van der Waals surface area (Å²) in [5.41, 5.74) is 7.96. The summed E-state index contributed by atoms with van der Waals surface area (Å²) in [6, 6.07) is 5.72. The average molecular weight is 279 g/mol. The maximum absolute atomic E-state index is 6.06. The first-order valence-electron chi connectivity index (χ1n) is 6.88. The minimum absolute atomic E-state index is 0.578. The highest BCUT2D eigenvalue weighted by atomic mass is 35.5. The Morgan fingerprint density at radius 3 is 2.74 bits per heavy atom. The molecule has 2 N–H and O–H groups in total. The van der Waals surface area contributed by atoms with Gasteiger partial charge in [-0.25, -0.2) is 4.98 Å². The molecule has 2 heterocycles. The van der Waals surface area contributed by atoms with Crippen LogP contribution in [0.3, 0.4) is 0 Å². The van der Waals surface area contributed by atoms with Gasteiger partial charge in [-0.15, -0.1) is 0 Å². The first-order chi connectivity index (χ1) is 9.24. The molecule has 0 radical (unpaired) electrons. The fourth-order valence-electron chi connectivity index (χ4n) is 2.77. The van der Waals surface area contributed by atoms with Crippen LogP contribution >= 0.6 is 11.6 Å². The number of nitrogens with zero attached hydrogens (tertiary/aromatic N) is 3. The number of piperidine rings is 1. The summed E-state index contributed by atoms with van der Waals surface area (Å²) >= 11 is 6.06.